The van der Waals surface area contributed by atoms with Gasteiger partial charge in [-0.15, -0.1) is 0 Å². The molecule has 0 radical (unpaired) electrons. The van der Waals surface area contributed by atoms with Gasteiger partial charge in [0.05, 0.1) is 6.54 Å². The summed E-state index contributed by atoms with van der Waals surface area (Å²) < 4.78 is 5.03. The van der Waals surface area contributed by atoms with Crippen LogP contribution in [0.3, 0.4) is 0 Å². The van der Waals surface area contributed by atoms with Gasteiger partial charge in [-0.3, -0.25) is 9.59 Å². The highest BCUT2D eigenvalue weighted by atomic mass is 16.6. The van der Waals surface area contributed by atoms with Gasteiger partial charge in [0.15, 0.2) is 0 Å². The quantitative estimate of drug-likeness (QED) is 0.647. The highest BCUT2D eigenvalue weighted by Crippen LogP contribution is 2.14. The molecule has 1 rings (SSSR count). The number of rotatable bonds is 7. The average molecular weight is 363 g/mol. The second-order valence-corrected chi connectivity index (χ2v) is 7.24. The number of hydrogen-bond donors (Lipinski definition) is 3. The van der Waals surface area contributed by atoms with E-state index in [-0.39, 0.29) is 24.9 Å². The third-order valence-electron chi connectivity index (χ3n) is 3.36. The first-order valence-corrected chi connectivity index (χ1v) is 8.70. The number of hydrogen-bond acceptors (Lipinski definition) is 4. The molecular weight excluding hydrogens is 334 g/mol. The van der Waals surface area contributed by atoms with Crippen LogP contribution in [0.4, 0.5) is 4.79 Å². The summed E-state index contributed by atoms with van der Waals surface area (Å²) in [6.07, 6.45) is -0.647. The standard InChI is InChI=1S/C19H29N3O4/c1-13(2)14-6-8-15(9-7-14)17(24)21-11-10-20-16(23)12-22-18(25)26-19(3,4)5/h6-9,13H,10-12H2,1-5H3,(H,20,23)(H,21,24)(H,22,25). The maximum atomic E-state index is 12.0. The normalized spacial score (nSPS) is 11.0. The lowest BCUT2D eigenvalue weighted by atomic mass is 10.0. The first-order valence-electron chi connectivity index (χ1n) is 8.70. The van der Waals surface area contributed by atoms with E-state index in [4.69, 9.17) is 4.74 Å². The highest BCUT2D eigenvalue weighted by Gasteiger charge is 2.16. The molecule has 0 aliphatic rings. The van der Waals surface area contributed by atoms with Crippen molar-refractivity contribution < 1.29 is 19.1 Å². The first-order chi connectivity index (χ1) is 12.1. The van der Waals surface area contributed by atoms with Crippen LogP contribution in [0, 0.1) is 0 Å². The summed E-state index contributed by atoms with van der Waals surface area (Å²) in [6, 6.07) is 7.44. The van der Waals surface area contributed by atoms with E-state index in [0.29, 0.717) is 18.0 Å². The van der Waals surface area contributed by atoms with Crippen molar-refractivity contribution in [2.24, 2.45) is 0 Å². The Balaban J connectivity index is 2.24. The molecule has 0 saturated carbocycles. The zero-order valence-corrected chi connectivity index (χ0v) is 16.1. The van der Waals surface area contributed by atoms with Gasteiger partial charge in [-0.05, 0) is 44.4 Å². The van der Waals surface area contributed by atoms with Gasteiger partial charge in [-0.1, -0.05) is 26.0 Å². The van der Waals surface area contributed by atoms with Crippen molar-refractivity contribution in [2.75, 3.05) is 19.6 Å². The summed E-state index contributed by atoms with van der Waals surface area (Å²) in [6.45, 7) is 9.79. The van der Waals surface area contributed by atoms with E-state index in [1.54, 1.807) is 32.9 Å². The smallest absolute Gasteiger partial charge is 0.408 e. The molecule has 1 aromatic rings. The Morgan fingerprint density at radius 1 is 0.962 bits per heavy atom. The van der Waals surface area contributed by atoms with E-state index < -0.39 is 11.7 Å². The van der Waals surface area contributed by atoms with Gasteiger partial charge in [-0.2, -0.15) is 0 Å². The molecule has 0 heterocycles. The summed E-state index contributed by atoms with van der Waals surface area (Å²) in [5.41, 5.74) is 1.14. The molecule has 0 aliphatic heterocycles. The van der Waals surface area contributed by atoms with Gasteiger partial charge in [0, 0.05) is 18.7 Å². The second kappa shape index (κ2) is 9.79. The second-order valence-electron chi connectivity index (χ2n) is 7.24. The molecule has 26 heavy (non-hydrogen) atoms. The van der Waals surface area contributed by atoms with Gasteiger partial charge in [-0.25, -0.2) is 4.79 Å². The van der Waals surface area contributed by atoms with E-state index in [9.17, 15) is 14.4 Å². The molecule has 0 atom stereocenters. The minimum atomic E-state index is -0.647. The zero-order valence-electron chi connectivity index (χ0n) is 16.1. The maximum absolute atomic E-state index is 12.0. The van der Waals surface area contributed by atoms with Crippen LogP contribution >= 0.6 is 0 Å². The van der Waals surface area contributed by atoms with E-state index in [0.717, 1.165) is 0 Å². The van der Waals surface area contributed by atoms with Gasteiger partial charge in [0.2, 0.25) is 5.91 Å². The Kier molecular flexibility index (Phi) is 8.09. The predicted molar refractivity (Wildman–Crippen MR) is 100 cm³/mol. The monoisotopic (exact) mass is 363 g/mol. The molecule has 144 valence electrons. The number of carbonyl (C=O) groups is 3. The fourth-order valence-corrected chi connectivity index (χ4v) is 2.03. The van der Waals surface area contributed by atoms with Crippen LogP contribution in [-0.2, 0) is 9.53 Å². The Bertz CT molecular complexity index is 619. The summed E-state index contributed by atoms with van der Waals surface area (Å²) in [4.78, 5) is 35.1. The Hall–Kier alpha value is -2.57. The molecule has 7 nitrogen and oxygen atoms in total. The van der Waals surface area contributed by atoms with Crippen LogP contribution in [0.2, 0.25) is 0 Å². The van der Waals surface area contributed by atoms with Crippen LogP contribution in [0.5, 0.6) is 0 Å². The van der Waals surface area contributed by atoms with Crippen LogP contribution in [0.1, 0.15) is 56.5 Å². The van der Waals surface area contributed by atoms with Crippen LogP contribution in [-0.4, -0.2) is 43.1 Å². The van der Waals surface area contributed by atoms with Crippen molar-refractivity contribution in [3.63, 3.8) is 0 Å². The van der Waals surface area contributed by atoms with Crippen LogP contribution in [0.25, 0.3) is 0 Å². The average Bonchev–Trinajstić information content (AvgIpc) is 2.55. The third-order valence-corrected chi connectivity index (χ3v) is 3.36. The molecular formula is C19H29N3O4. The number of ether oxygens (including phenoxy) is 1. The van der Waals surface area contributed by atoms with Gasteiger partial charge in [0.1, 0.15) is 5.60 Å². The largest absolute Gasteiger partial charge is 0.444 e. The molecule has 0 bridgehead atoms. The summed E-state index contributed by atoms with van der Waals surface area (Å²) in [5, 5.41) is 7.71. The summed E-state index contributed by atoms with van der Waals surface area (Å²) in [7, 11) is 0. The van der Waals surface area contributed by atoms with Crippen LogP contribution in [0.15, 0.2) is 24.3 Å². The molecule has 0 aliphatic carbocycles. The van der Waals surface area contributed by atoms with E-state index >= 15 is 0 Å². The zero-order chi connectivity index (χ0) is 19.7. The van der Waals surface area contributed by atoms with Crippen molar-refractivity contribution in [3.05, 3.63) is 35.4 Å². The molecule has 0 spiro atoms. The fourth-order valence-electron chi connectivity index (χ4n) is 2.03. The fraction of sp³-hybridized carbons (Fsp3) is 0.526. The molecule has 0 unspecified atom stereocenters. The lowest BCUT2D eigenvalue weighted by Crippen LogP contribution is -2.42. The number of alkyl carbamates (subject to hydrolysis) is 1. The molecule has 3 amide bonds. The van der Waals surface area contributed by atoms with Gasteiger partial charge >= 0.3 is 6.09 Å². The Morgan fingerprint density at radius 3 is 2.08 bits per heavy atom. The summed E-state index contributed by atoms with van der Waals surface area (Å²) >= 11 is 0. The number of carbonyl (C=O) groups excluding carboxylic acids is 3. The molecule has 3 N–H and O–H groups in total. The van der Waals surface area contributed by atoms with Crippen molar-refractivity contribution in [2.45, 2.75) is 46.1 Å². The van der Waals surface area contributed by atoms with Crippen molar-refractivity contribution in [1.82, 2.24) is 16.0 Å². The predicted octanol–water partition coefficient (Wildman–Crippen LogP) is 2.18. The van der Waals surface area contributed by atoms with Crippen molar-refractivity contribution >= 4 is 17.9 Å². The van der Waals surface area contributed by atoms with Crippen molar-refractivity contribution in [3.8, 4) is 0 Å². The minimum Gasteiger partial charge on any atom is -0.444 e. The van der Waals surface area contributed by atoms with E-state index in [1.165, 1.54) is 5.56 Å². The van der Waals surface area contributed by atoms with Crippen molar-refractivity contribution in [1.29, 1.82) is 0 Å². The number of nitrogens with one attached hydrogen (secondary N) is 3. The topological polar surface area (TPSA) is 96.5 Å². The van der Waals surface area contributed by atoms with E-state index in [2.05, 4.69) is 29.8 Å². The van der Waals surface area contributed by atoms with Gasteiger partial charge < -0.3 is 20.7 Å². The molecule has 0 saturated heterocycles. The van der Waals surface area contributed by atoms with Crippen LogP contribution < -0.4 is 16.0 Å². The molecule has 0 fully saturated rings. The number of benzene rings is 1. The molecule has 1 aromatic carbocycles. The van der Waals surface area contributed by atoms with Gasteiger partial charge in [0.25, 0.3) is 5.91 Å². The summed E-state index contributed by atoms with van der Waals surface area (Å²) in [5.74, 6) is -0.135. The maximum Gasteiger partial charge on any atom is 0.408 e. The molecule has 7 heteroatoms. The number of amides is 3. The lowest BCUT2D eigenvalue weighted by Gasteiger charge is -2.19. The minimum absolute atomic E-state index is 0.181. The Morgan fingerprint density at radius 2 is 1.54 bits per heavy atom. The Labute approximate surface area is 154 Å². The third kappa shape index (κ3) is 8.50. The molecule has 0 aromatic heterocycles. The van der Waals surface area contributed by atoms with E-state index in [1.807, 2.05) is 12.1 Å². The highest BCUT2D eigenvalue weighted by molar-refractivity contribution is 5.94. The lowest BCUT2D eigenvalue weighted by molar-refractivity contribution is -0.120. The first kappa shape index (κ1) is 21.5. The SMILES string of the molecule is CC(C)c1ccc(C(=O)NCCNC(=O)CNC(=O)OC(C)(C)C)cc1.